The fourth-order valence-corrected chi connectivity index (χ4v) is 3.67. The van der Waals surface area contributed by atoms with Crippen molar-refractivity contribution in [2.45, 2.75) is 12.9 Å². The molecule has 4 rings (SSSR count). The topological polar surface area (TPSA) is 100 Å². The lowest BCUT2D eigenvalue weighted by atomic mass is 10.4. The van der Waals surface area contributed by atoms with E-state index in [1.807, 2.05) is 10.8 Å². The van der Waals surface area contributed by atoms with E-state index in [-0.39, 0.29) is 5.65 Å². The molecule has 0 amide bonds. The highest BCUT2D eigenvalue weighted by Gasteiger charge is 2.28. The molecule has 0 bridgehead atoms. The largest absolute Gasteiger partial charge is 0.522 e. The van der Waals surface area contributed by atoms with Crippen LogP contribution in [0.5, 0.6) is 0 Å². The lowest BCUT2D eigenvalue weighted by Gasteiger charge is -2.07. The van der Waals surface area contributed by atoms with Crippen LogP contribution in [0, 0.1) is 0 Å². The van der Waals surface area contributed by atoms with Crippen LogP contribution in [0.15, 0.2) is 28.1 Å². The number of alkyl halides is 3. The van der Waals surface area contributed by atoms with E-state index >= 15 is 0 Å². The van der Waals surface area contributed by atoms with Crippen LogP contribution >= 0.6 is 22.7 Å². The Bertz CT molecular complexity index is 1130. The van der Waals surface area contributed by atoms with E-state index in [1.165, 1.54) is 29.0 Å². The summed E-state index contributed by atoms with van der Waals surface area (Å²) in [5.74, 6) is 0. The highest BCUT2D eigenvalue weighted by atomic mass is 32.1. The molecule has 0 spiro atoms. The zero-order valence-corrected chi connectivity index (χ0v) is 14.8. The number of hydrogen-bond donors (Lipinski definition) is 0. The highest BCUT2D eigenvalue weighted by Crippen LogP contribution is 2.30. The number of ether oxygens (including phenoxy) is 1. The molecule has 4 aromatic rings. The Morgan fingerprint density at radius 1 is 1.19 bits per heavy atom. The second-order valence-corrected chi connectivity index (χ2v) is 6.80. The molecule has 27 heavy (non-hydrogen) atoms. The Morgan fingerprint density at radius 3 is 2.78 bits per heavy atom. The van der Waals surface area contributed by atoms with Crippen LogP contribution in [0.25, 0.3) is 27.1 Å². The van der Waals surface area contributed by atoms with Crippen LogP contribution in [-0.2, 0) is 11.3 Å². The van der Waals surface area contributed by atoms with Crippen molar-refractivity contribution in [1.29, 1.82) is 0 Å². The number of aromatic nitrogens is 7. The zero-order chi connectivity index (χ0) is 19.0. The van der Waals surface area contributed by atoms with E-state index in [4.69, 9.17) is 0 Å². The number of thiazole rings is 2. The molecule has 0 unspecified atom stereocenters. The number of rotatable bonds is 5. The normalized spacial score (nSPS) is 12.1. The number of hydrogen-bond acceptors (Lipinski definition) is 9. The Morgan fingerprint density at radius 2 is 2.04 bits per heavy atom. The number of fused-ring (bicyclic) bond motifs is 1. The van der Waals surface area contributed by atoms with Gasteiger partial charge in [0.25, 0.3) is 0 Å². The van der Waals surface area contributed by atoms with Gasteiger partial charge in [-0.2, -0.15) is 4.68 Å². The first-order valence-electron chi connectivity index (χ1n) is 7.30. The number of halogens is 3. The molecule has 0 saturated heterocycles. The Hall–Kier alpha value is -2.71. The first-order valence-corrected chi connectivity index (χ1v) is 9.05. The fourth-order valence-electron chi connectivity index (χ4n) is 2.21. The SMILES string of the molecule is O=c1n(CCOC(F)(F)F)nnc2c(-c3nc(-c4nccs4)cs3)ncn12. The molecule has 0 aliphatic carbocycles. The number of nitrogens with zero attached hydrogens (tertiary/aromatic N) is 7. The molecule has 0 aliphatic heterocycles. The van der Waals surface area contributed by atoms with Crippen molar-refractivity contribution in [2.75, 3.05) is 6.61 Å². The Balaban J connectivity index is 1.63. The second kappa shape index (κ2) is 6.79. The summed E-state index contributed by atoms with van der Waals surface area (Å²) < 4.78 is 41.6. The Labute approximate surface area is 155 Å². The van der Waals surface area contributed by atoms with Crippen molar-refractivity contribution in [1.82, 2.24) is 34.3 Å². The van der Waals surface area contributed by atoms with Gasteiger partial charge in [0.2, 0.25) is 0 Å². The maximum absolute atomic E-state index is 12.3. The zero-order valence-electron chi connectivity index (χ0n) is 13.1. The highest BCUT2D eigenvalue weighted by molar-refractivity contribution is 7.15. The van der Waals surface area contributed by atoms with E-state index in [0.29, 0.717) is 16.4 Å². The van der Waals surface area contributed by atoms with E-state index < -0.39 is 25.2 Å². The standard InChI is InChI=1S/C13H8F3N7O2S2/c14-13(15,16)25-3-2-23-12(24)22-6-18-8(9(22)20-21-23)11-19-7(5-27-11)10-17-1-4-26-10/h1,4-6H,2-3H2. The predicted molar refractivity (Wildman–Crippen MR) is 89.3 cm³/mol. The molecule has 0 fully saturated rings. The van der Waals surface area contributed by atoms with Gasteiger partial charge in [0, 0.05) is 17.0 Å². The molecule has 14 heteroatoms. The maximum Gasteiger partial charge on any atom is 0.522 e. The van der Waals surface area contributed by atoms with Crippen molar-refractivity contribution < 1.29 is 17.9 Å². The van der Waals surface area contributed by atoms with E-state index in [2.05, 4.69) is 30.0 Å². The van der Waals surface area contributed by atoms with E-state index in [1.54, 1.807) is 6.20 Å². The fraction of sp³-hybridized carbons (Fsp3) is 0.231. The summed E-state index contributed by atoms with van der Waals surface area (Å²) in [6.07, 6.45) is -1.88. The Kier molecular flexibility index (Phi) is 4.45. The molecular formula is C13H8F3N7O2S2. The van der Waals surface area contributed by atoms with Gasteiger partial charge >= 0.3 is 12.1 Å². The smallest absolute Gasteiger partial charge is 0.290 e. The van der Waals surface area contributed by atoms with Gasteiger partial charge in [0.15, 0.2) is 5.65 Å². The summed E-state index contributed by atoms with van der Waals surface area (Å²) in [5.41, 5.74) is 0.511. The maximum atomic E-state index is 12.3. The van der Waals surface area contributed by atoms with Crippen LogP contribution in [0.4, 0.5) is 13.2 Å². The lowest BCUT2D eigenvalue weighted by molar-refractivity contribution is -0.325. The van der Waals surface area contributed by atoms with Crippen LogP contribution in [-0.4, -0.2) is 47.3 Å². The van der Waals surface area contributed by atoms with Crippen molar-refractivity contribution in [3.05, 3.63) is 33.8 Å². The minimum Gasteiger partial charge on any atom is -0.290 e. The van der Waals surface area contributed by atoms with Crippen LogP contribution < -0.4 is 5.69 Å². The average molecular weight is 415 g/mol. The summed E-state index contributed by atoms with van der Waals surface area (Å²) >= 11 is 2.74. The first-order chi connectivity index (χ1) is 12.9. The van der Waals surface area contributed by atoms with Gasteiger partial charge in [0.05, 0.1) is 13.2 Å². The third-order valence-electron chi connectivity index (χ3n) is 3.34. The summed E-state index contributed by atoms with van der Waals surface area (Å²) in [7, 11) is 0. The number of imidazole rings is 1. The molecule has 0 saturated carbocycles. The quantitative estimate of drug-likeness (QED) is 0.492. The van der Waals surface area contributed by atoms with Crippen molar-refractivity contribution in [3.8, 4) is 21.4 Å². The van der Waals surface area contributed by atoms with Gasteiger partial charge in [-0.1, -0.05) is 5.21 Å². The van der Waals surface area contributed by atoms with Crippen LogP contribution in [0.3, 0.4) is 0 Å². The molecule has 140 valence electrons. The van der Waals surface area contributed by atoms with Gasteiger partial charge in [-0.3, -0.25) is 4.74 Å². The minimum atomic E-state index is -4.77. The molecule has 9 nitrogen and oxygen atoms in total. The summed E-state index contributed by atoms with van der Waals surface area (Å²) in [4.78, 5) is 25.1. The minimum absolute atomic E-state index is 0.160. The summed E-state index contributed by atoms with van der Waals surface area (Å²) in [6.45, 7) is -1.16. The van der Waals surface area contributed by atoms with Gasteiger partial charge in [-0.25, -0.2) is 24.1 Å². The second-order valence-electron chi connectivity index (χ2n) is 5.05. The summed E-state index contributed by atoms with van der Waals surface area (Å²) in [6, 6.07) is 0. The molecule has 0 aliphatic rings. The molecular weight excluding hydrogens is 407 g/mol. The average Bonchev–Trinajstić information content (AvgIpc) is 3.35. The van der Waals surface area contributed by atoms with Crippen molar-refractivity contribution in [2.24, 2.45) is 0 Å². The van der Waals surface area contributed by atoms with Gasteiger partial charge < -0.3 is 0 Å². The molecule has 4 aromatic heterocycles. The monoisotopic (exact) mass is 415 g/mol. The van der Waals surface area contributed by atoms with E-state index in [0.717, 1.165) is 14.1 Å². The summed E-state index contributed by atoms with van der Waals surface area (Å²) in [5, 5.41) is 12.5. The van der Waals surface area contributed by atoms with E-state index in [9.17, 15) is 18.0 Å². The van der Waals surface area contributed by atoms with Crippen LogP contribution in [0.2, 0.25) is 0 Å². The molecule has 0 N–H and O–H groups in total. The molecule has 0 aromatic carbocycles. The van der Waals surface area contributed by atoms with Gasteiger partial charge in [-0.15, -0.1) is 40.9 Å². The first kappa shape index (κ1) is 17.7. The van der Waals surface area contributed by atoms with Crippen molar-refractivity contribution >= 4 is 28.3 Å². The molecule has 0 radical (unpaired) electrons. The molecule has 4 heterocycles. The lowest BCUT2D eigenvalue weighted by Crippen LogP contribution is -2.32. The predicted octanol–water partition coefficient (Wildman–Crippen LogP) is 2.07. The third-order valence-corrected chi connectivity index (χ3v) is 4.99. The van der Waals surface area contributed by atoms with Gasteiger partial charge in [-0.05, 0) is 0 Å². The molecule has 0 atom stereocenters. The third kappa shape index (κ3) is 3.58. The van der Waals surface area contributed by atoms with Crippen molar-refractivity contribution in [3.63, 3.8) is 0 Å². The van der Waals surface area contributed by atoms with Crippen LogP contribution in [0.1, 0.15) is 0 Å². The van der Waals surface area contributed by atoms with Gasteiger partial charge in [0.1, 0.15) is 27.7 Å².